The smallest absolute Gasteiger partial charge is 0.251 e. The molecular formula is C16H17ClN6O. The third kappa shape index (κ3) is 3.62. The van der Waals surface area contributed by atoms with Gasteiger partial charge in [-0.1, -0.05) is 29.8 Å². The van der Waals surface area contributed by atoms with Gasteiger partial charge in [0, 0.05) is 11.2 Å². The molecule has 124 valence electrons. The molecule has 2 aromatic heterocycles. The summed E-state index contributed by atoms with van der Waals surface area (Å²) in [7, 11) is 0. The number of rotatable bonds is 5. The quantitative estimate of drug-likeness (QED) is 0.772. The number of halogens is 1. The largest absolute Gasteiger partial charge is 0.291 e. The Morgan fingerprint density at radius 2 is 2.17 bits per heavy atom. The third-order valence-electron chi connectivity index (χ3n) is 3.57. The molecule has 3 rings (SSSR count). The molecule has 0 aliphatic heterocycles. The van der Waals surface area contributed by atoms with Crippen LogP contribution < -0.4 is 5.32 Å². The van der Waals surface area contributed by atoms with Crippen molar-refractivity contribution in [2.75, 3.05) is 5.32 Å². The van der Waals surface area contributed by atoms with Gasteiger partial charge in [0.1, 0.15) is 12.4 Å². The second kappa shape index (κ2) is 6.84. The van der Waals surface area contributed by atoms with Crippen LogP contribution in [-0.2, 0) is 11.3 Å². The summed E-state index contributed by atoms with van der Waals surface area (Å²) in [5, 5.41) is 11.8. The fourth-order valence-corrected chi connectivity index (χ4v) is 2.40. The van der Waals surface area contributed by atoms with E-state index in [4.69, 9.17) is 11.6 Å². The molecule has 0 saturated heterocycles. The molecule has 1 aromatic carbocycles. The molecule has 1 N–H and O–H groups in total. The number of anilines is 1. The van der Waals surface area contributed by atoms with E-state index in [1.54, 1.807) is 28.8 Å². The van der Waals surface area contributed by atoms with Gasteiger partial charge in [-0.2, -0.15) is 5.10 Å². The van der Waals surface area contributed by atoms with Crippen LogP contribution in [0, 0.1) is 6.92 Å². The first kappa shape index (κ1) is 16.2. The highest BCUT2D eigenvalue weighted by atomic mass is 35.5. The summed E-state index contributed by atoms with van der Waals surface area (Å²) >= 11 is 6.14. The summed E-state index contributed by atoms with van der Waals surface area (Å²) in [4.78, 5) is 16.4. The van der Waals surface area contributed by atoms with E-state index in [2.05, 4.69) is 20.5 Å². The second-order valence-corrected chi connectivity index (χ2v) is 5.93. The minimum absolute atomic E-state index is 0.228. The van der Waals surface area contributed by atoms with Crippen molar-refractivity contribution in [3.63, 3.8) is 0 Å². The van der Waals surface area contributed by atoms with E-state index in [-0.39, 0.29) is 11.9 Å². The van der Waals surface area contributed by atoms with Gasteiger partial charge in [-0.05, 0) is 31.0 Å². The van der Waals surface area contributed by atoms with Crippen LogP contribution in [0.2, 0.25) is 5.02 Å². The molecule has 24 heavy (non-hydrogen) atoms. The van der Waals surface area contributed by atoms with Crippen LogP contribution in [0.25, 0.3) is 0 Å². The lowest BCUT2D eigenvalue weighted by Crippen LogP contribution is -2.24. The molecule has 0 spiro atoms. The van der Waals surface area contributed by atoms with Crippen molar-refractivity contribution in [1.29, 1.82) is 0 Å². The molecule has 1 unspecified atom stereocenters. The fourth-order valence-electron chi connectivity index (χ4n) is 2.21. The normalized spacial score (nSPS) is 12.1. The van der Waals surface area contributed by atoms with Crippen molar-refractivity contribution >= 4 is 23.5 Å². The molecule has 0 bridgehead atoms. The van der Waals surface area contributed by atoms with Gasteiger partial charge in [0.2, 0.25) is 5.95 Å². The Labute approximate surface area is 144 Å². The first-order valence-corrected chi connectivity index (χ1v) is 7.85. The topological polar surface area (TPSA) is 77.6 Å². The van der Waals surface area contributed by atoms with Gasteiger partial charge in [0.25, 0.3) is 5.91 Å². The van der Waals surface area contributed by atoms with E-state index in [0.29, 0.717) is 11.6 Å². The van der Waals surface area contributed by atoms with E-state index in [0.717, 1.165) is 11.1 Å². The highest BCUT2D eigenvalue weighted by molar-refractivity contribution is 6.31. The van der Waals surface area contributed by atoms with Crippen molar-refractivity contribution in [3.05, 3.63) is 59.1 Å². The molecule has 7 nitrogen and oxygen atoms in total. The van der Waals surface area contributed by atoms with Gasteiger partial charge >= 0.3 is 0 Å². The number of nitrogens with zero attached hydrogens (tertiary/aromatic N) is 5. The molecule has 0 saturated carbocycles. The number of aromatic nitrogens is 5. The number of hydrogen-bond acceptors (Lipinski definition) is 4. The fraction of sp³-hybridized carbons (Fsp3) is 0.250. The summed E-state index contributed by atoms with van der Waals surface area (Å²) < 4.78 is 3.23. The van der Waals surface area contributed by atoms with Crippen LogP contribution in [0.1, 0.15) is 24.1 Å². The Hall–Kier alpha value is -2.67. The van der Waals surface area contributed by atoms with Crippen molar-refractivity contribution in [1.82, 2.24) is 24.5 Å². The number of carbonyl (C=O) groups is 1. The maximum atomic E-state index is 12.3. The Balaban J connectivity index is 1.65. The SMILES string of the molecule is Cc1cnn(C(C)C(=O)Nc2ncn(Cc3ccccc3Cl)n2)c1. The molecule has 0 fully saturated rings. The standard InChI is InChI=1S/C16H17ClN6O/c1-11-7-19-23(8-11)12(2)15(24)20-16-18-10-22(21-16)9-13-5-3-4-6-14(13)17/h3-8,10,12H,9H2,1-2H3,(H,20,21,24). The number of hydrogen-bond donors (Lipinski definition) is 1. The molecule has 0 aliphatic carbocycles. The number of nitrogens with one attached hydrogen (secondary N) is 1. The van der Waals surface area contributed by atoms with Crippen molar-refractivity contribution in [2.24, 2.45) is 0 Å². The van der Waals surface area contributed by atoms with E-state index >= 15 is 0 Å². The maximum absolute atomic E-state index is 12.3. The van der Waals surface area contributed by atoms with Gasteiger partial charge in [-0.15, -0.1) is 5.10 Å². The second-order valence-electron chi connectivity index (χ2n) is 5.52. The molecule has 0 radical (unpaired) electrons. The van der Waals surface area contributed by atoms with E-state index in [9.17, 15) is 4.79 Å². The van der Waals surface area contributed by atoms with Crippen molar-refractivity contribution < 1.29 is 4.79 Å². The van der Waals surface area contributed by atoms with Crippen LogP contribution in [0.3, 0.4) is 0 Å². The predicted octanol–water partition coefficient (Wildman–Crippen LogP) is 2.68. The minimum atomic E-state index is -0.450. The molecular weight excluding hydrogens is 328 g/mol. The molecule has 2 heterocycles. The molecule has 8 heteroatoms. The predicted molar refractivity (Wildman–Crippen MR) is 90.9 cm³/mol. The summed E-state index contributed by atoms with van der Waals surface area (Å²) in [6, 6.07) is 7.08. The molecule has 1 atom stereocenters. The zero-order chi connectivity index (χ0) is 17.1. The highest BCUT2D eigenvalue weighted by Gasteiger charge is 2.17. The van der Waals surface area contributed by atoms with Gasteiger partial charge in [0.15, 0.2) is 0 Å². The van der Waals surface area contributed by atoms with Gasteiger partial charge < -0.3 is 0 Å². The lowest BCUT2D eigenvalue weighted by atomic mass is 10.2. The average molecular weight is 345 g/mol. The summed E-state index contributed by atoms with van der Waals surface area (Å²) in [5.74, 6) is 0.0244. The zero-order valence-electron chi connectivity index (χ0n) is 13.3. The van der Waals surface area contributed by atoms with Gasteiger partial charge in [0.05, 0.1) is 12.7 Å². The highest BCUT2D eigenvalue weighted by Crippen LogP contribution is 2.16. The lowest BCUT2D eigenvalue weighted by molar-refractivity contribution is -0.119. The van der Waals surface area contributed by atoms with Crippen molar-refractivity contribution in [3.8, 4) is 0 Å². The Kier molecular flexibility index (Phi) is 4.61. The molecule has 3 aromatic rings. The summed E-state index contributed by atoms with van der Waals surface area (Å²) in [6.45, 7) is 4.17. The van der Waals surface area contributed by atoms with Crippen LogP contribution in [0.5, 0.6) is 0 Å². The summed E-state index contributed by atoms with van der Waals surface area (Å²) in [5.41, 5.74) is 1.93. The molecule has 1 amide bonds. The Morgan fingerprint density at radius 3 is 2.88 bits per heavy atom. The van der Waals surface area contributed by atoms with Gasteiger partial charge in [-0.3, -0.25) is 14.8 Å². The lowest BCUT2D eigenvalue weighted by Gasteiger charge is -2.10. The van der Waals surface area contributed by atoms with Crippen LogP contribution >= 0.6 is 11.6 Å². The van der Waals surface area contributed by atoms with E-state index < -0.39 is 6.04 Å². The Morgan fingerprint density at radius 1 is 1.38 bits per heavy atom. The number of amides is 1. The number of benzene rings is 1. The number of carbonyl (C=O) groups excluding carboxylic acids is 1. The number of aryl methyl sites for hydroxylation is 1. The van der Waals surface area contributed by atoms with E-state index in [1.807, 2.05) is 37.4 Å². The summed E-state index contributed by atoms with van der Waals surface area (Å²) in [6.07, 6.45) is 5.08. The third-order valence-corrected chi connectivity index (χ3v) is 3.94. The average Bonchev–Trinajstić information content (AvgIpc) is 3.18. The van der Waals surface area contributed by atoms with Crippen molar-refractivity contribution in [2.45, 2.75) is 26.4 Å². The minimum Gasteiger partial charge on any atom is -0.291 e. The van der Waals surface area contributed by atoms with E-state index in [1.165, 1.54) is 0 Å². The first-order valence-electron chi connectivity index (χ1n) is 7.47. The van der Waals surface area contributed by atoms with Crippen LogP contribution in [-0.4, -0.2) is 30.5 Å². The van der Waals surface area contributed by atoms with Gasteiger partial charge in [-0.25, -0.2) is 9.67 Å². The molecule has 0 aliphatic rings. The monoisotopic (exact) mass is 344 g/mol. The first-order chi connectivity index (χ1) is 11.5. The zero-order valence-corrected chi connectivity index (χ0v) is 14.1. The van der Waals surface area contributed by atoms with Crippen LogP contribution in [0.4, 0.5) is 5.95 Å². The maximum Gasteiger partial charge on any atom is 0.251 e. The Bertz CT molecular complexity index is 856. The van der Waals surface area contributed by atoms with Crippen LogP contribution in [0.15, 0.2) is 43.0 Å².